The lowest BCUT2D eigenvalue weighted by atomic mass is 10.0. The van der Waals surface area contributed by atoms with Gasteiger partial charge in [-0.1, -0.05) is 6.08 Å². The van der Waals surface area contributed by atoms with Crippen molar-refractivity contribution in [1.82, 2.24) is 0 Å². The van der Waals surface area contributed by atoms with Gasteiger partial charge in [-0.2, -0.15) is 13.2 Å². The normalized spacial score (nSPS) is 19.3. The van der Waals surface area contributed by atoms with Crippen LogP contribution >= 0.6 is 0 Å². The average Bonchev–Trinajstić information content (AvgIpc) is 1.86. The minimum Gasteiger partial charge on any atom is -0.212 e. The highest BCUT2D eigenvalue weighted by Crippen LogP contribution is 2.32. The molecule has 0 saturated heterocycles. The van der Waals surface area contributed by atoms with Crippen LogP contribution in [0.4, 0.5) is 17.6 Å². The van der Waals surface area contributed by atoms with Crippen LogP contribution in [0, 0.1) is 6.42 Å². The second-order valence-electron chi connectivity index (χ2n) is 2.14. The summed E-state index contributed by atoms with van der Waals surface area (Å²) in [5.74, 6) is -0.544. The van der Waals surface area contributed by atoms with E-state index in [0.29, 0.717) is 0 Å². The number of hydrogen-bond donors (Lipinski definition) is 0. The minimum atomic E-state index is -4.35. The van der Waals surface area contributed by atoms with Gasteiger partial charge in [-0.15, -0.1) is 0 Å². The third kappa shape index (κ3) is 2.06. The lowest BCUT2D eigenvalue weighted by molar-refractivity contribution is -0.0901. The predicted molar refractivity (Wildman–Crippen MR) is 32.2 cm³/mol. The molecule has 1 radical (unpaired) electrons. The van der Waals surface area contributed by atoms with Gasteiger partial charge in [0.05, 0.1) is 0 Å². The molecule has 0 amide bonds. The Morgan fingerprint density at radius 3 is 2.18 bits per heavy atom. The monoisotopic (exact) mass is 165 g/mol. The van der Waals surface area contributed by atoms with Crippen molar-refractivity contribution in [3.63, 3.8) is 0 Å². The molecule has 1 rings (SSSR count). The maximum absolute atomic E-state index is 12.2. The summed E-state index contributed by atoms with van der Waals surface area (Å²) >= 11 is 0. The van der Waals surface area contributed by atoms with Crippen LogP contribution in [-0.2, 0) is 0 Å². The molecule has 0 aromatic carbocycles. The molecule has 1 aliphatic rings. The first-order valence-electron chi connectivity index (χ1n) is 2.97. The molecular formula is C7H5F4. The summed E-state index contributed by atoms with van der Waals surface area (Å²) in [5, 5.41) is 0. The summed E-state index contributed by atoms with van der Waals surface area (Å²) in [5.41, 5.74) is -0.779. The van der Waals surface area contributed by atoms with Gasteiger partial charge in [-0.05, 0) is 6.08 Å². The largest absolute Gasteiger partial charge is 0.412 e. The molecule has 0 N–H and O–H groups in total. The summed E-state index contributed by atoms with van der Waals surface area (Å²) in [6.07, 6.45) is -2.21. The Morgan fingerprint density at radius 2 is 1.82 bits per heavy atom. The fourth-order valence-corrected chi connectivity index (χ4v) is 0.734. The molecule has 0 saturated carbocycles. The first kappa shape index (κ1) is 8.30. The molecular weight excluding hydrogens is 160 g/mol. The molecule has 0 fully saturated rings. The van der Waals surface area contributed by atoms with Crippen LogP contribution in [0.1, 0.15) is 6.42 Å². The molecule has 0 spiro atoms. The van der Waals surface area contributed by atoms with Gasteiger partial charge < -0.3 is 0 Å². The third-order valence-electron chi connectivity index (χ3n) is 1.29. The van der Waals surface area contributed by atoms with Crippen LogP contribution in [0.3, 0.4) is 0 Å². The van der Waals surface area contributed by atoms with E-state index >= 15 is 0 Å². The van der Waals surface area contributed by atoms with Crippen LogP contribution in [0.25, 0.3) is 0 Å². The second-order valence-corrected chi connectivity index (χ2v) is 2.14. The van der Waals surface area contributed by atoms with E-state index in [4.69, 9.17) is 0 Å². The molecule has 0 heterocycles. The third-order valence-corrected chi connectivity index (χ3v) is 1.29. The predicted octanol–water partition coefficient (Wildman–Crippen LogP) is 2.94. The van der Waals surface area contributed by atoms with Crippen molar-refractivity contribution in [3.05, 3.63) is 30.0 Å². The van der Waals surface area contributed by atoms with E-state index in [0.717, 1.165) is 18.6 Å². The standard InChI is InChI=1S/C7H5F4/c8-6-3-1-5(2-4-6)7(9,10)11/h1-3H,4H2. The molecule has 1 aliphatic carbocycles. The van der Waals surface area contributed by atoms with Gasteiger partial charge >= 0.3 is 6.18 Å². The number of alkyl halides is 3. The van der Waals surface area contributed by atoms with Gasteiger partial charge in [-0.3, -0.25) is 0 Å². The number of halogens is 4. The Hall–Kier alpha value is -0.800. The SMILES string of the molecule is FC1=CC=C(C(F)(F)F)[CH]C1. The Bertz CT molecular complexity index is 209. The van der Waals surface area contributed by atoms with Crippen LogP contribution < -0.4 is 0 Å². The second kappa shape index (κ2) is 2.68. The molecule has 0 aromatic heterocycles. The molecule has 0 aromatic rings. The first-order chi connectivity index (χ1) is 5.00. The van der Waals surface area contributed by atoms with Gasteiger partial charge in [0.2, 0.25) is 0 Å². The molecule has 0 atom stereocenters. The Labute approximate surface area is 61.2 Å². The Kier molecular flexibility index (Phi) is 2.02. The fraction of sp³-hybridized carbons (Fsp3) is 0.286. The van der Waals surface area contributed by atoms with Gasteiger partial charge in [-0.25, -0.2) is 4.39 Å². The molecule has 0 bridgehead atoms. The number of hydrogen-bond acceptors (Lipinski definition) is 0. The van der Waals surface area contributed by atoms with E-state index < -0.39 is 17.6 Å². The zero-order valence-corrected chi connectivity index (χ0v) is 5.45. The molecule has 4 heteroatoms. The minimum absolute atomic E-state index is 0.259. The van der Waals surface area contributed by atoms with E-state index in [1.165, 1.54) is 0 Å². The van der Waals surface area contributed by atoms with Crippen molar-refractivity contribution < 1.29 is 17.6 Å². The average molecular weight is 165 g/mol. The summed E-state index contributed by atoms with van der Waals surface area (Å²) in [7, 11) is 0. The zero-order chi connectivity index (χ0) is 8.48. The maximum atomic E-state index is 12.2. The first-order valence-corrected chi connectivity index (χ1v) is 2.97. The number of rotatable bonds is 0. The van der Waals surface area contributed by atoms with Crippen LogP contribution in [0.2, 0.25) is 0 Å². The summed E-state index contributed by atoms with van der Waals surface area (Å²) in [4.78, 5) is 0. The summed E-state index contributed by atoms with van der Waals surface area (Å²) < 4.78 is 47.6. The van der Waals surface area contributed by atoms with Crippen LogP contribution in [0.5, 0.6) is 0 Å². The van der Waals surface area contributed by atoms with E-state index in [1.54, 1.807) is 0 Å². The molecule has 0 nitrogen and oxygen atoms in total. The van der Waals surface area contributed by atoms with Gasteiger partial charge in [0, 0.05) is 18.4 Å². The van der Waals surface area contributed by atoms with Crippen LogP contribution in [0.15, 0.2) is 23.6 Å². The van der Waals surface area contributed by atoms with Crippen molar-refractivity contribution in [3.8, 4) is 0 Å². The highest BCUT2D eigenvalue weighted by atomic mass is 19.4. The lowest BCUT2D eigenvalue weighted by Gasteiger charge is -2.12. The van der Waals surface area contributed by atoms with E-state index in [2.05, 4.69) is 0 Å². The van der Waals surface area contributed by atoms with Gasteiger partial charge in [0.25, 0.3) is 0 Å². The fourth-order valence-electron chi connectivity index (χ4n) is 0.734. The van der Waals surface area contributed by atoms with E-state index in [1.807, 2.05) is 0 Å². The topological polar surface area (TPSA) is 0 Å². The van der Waals surface area contributed by atoms with Crippen molar-refractivity contribution in [1.29, 1.82) is 0 Å². The van der Waals surface area contributed by atoms with Crippen molar-refractivity contribution in [2.75, 3.05) is 0 Å². The van der Waals surface area contributed by atoms with E-state index in [9.17, 15) is 17.6 Å². The summed E-state index contributed by atoms with van der Waals surface area (Å²) in [6.45, 7) is 0. The molecule has 0 unspecified atom stereocenters. The van der Waals surface area contributed by atoms with Gasteiger partial charge in [0.1, 0.15) is 5.83 Å². The summed E-state index contributed by atoms with van der Waals surface area (Å²) in [6, 6.07) is 0. The quantitative estimate of drug-likeness (QED) is 0.484. The van der Waals surface area contributed by atoms with E-state index in [-0.39, 0.29) is 6.42 Å². The molecule has 61 valence electrons. The van der Waals surface area contributed by atoms with Crippen molar-refractivity contribution in [2.45, 2.75) is 12.6 Å². The number of allylic oxidation sites excluding steroid dienone is 4. The van der Waals surface area contributed by atoms with Gasteiger partial charge in [0.15, 0.2) is 0 Å². The molecule has 0 aliphatic heterocycles. The maximum Gasteiger partial charge on any atom is 0.412 e. The Balaban J connectivity index is 2.77. The Morgan fingerprint density at radius 1 is 1.18 bits per heavy atom. The van der Waals surface area contributed by atoms with Crippen LogP contribution in [-0.4, -0.2) is 6.18 Å². The van der Waals surface area contributed by atoms with Crippen molar-refractivity contribution in [2.24, 2.45) is 0 Å². The highest BCUT2D eigenvalue weighted by Gasteiger charge is 2.33. The van der Waals surface area contributed by atoms with Crippen molar-refractivity contribution >= 4 is 0 Å². The smallest absolute Gasteiger partial charge is 0.212 e. The zero-order valence-electron chi connectivity index (χ0n) is 5.45. The lowest BCUT2D eigenvalue weighted by Crippen LogP contribution is -2.13. The molecule has 11 heavy (non-hydrogen) atoms. The highest BCUT2D eigenvalue weighted by molar-refractivity contribution is 5.31.